The summed E-state index contributed by atoms with van der Waals surface area (Å²) in [6.45, 7) is 6.55. The van der Waals surface area contributed by atoms with Crippen molar-refractivity contribution >= 4 is 11.5 Å². The van der Waals surface area contributed by atoms with E-state index >= 15 is 0 Å². The van der Waals surface area contributed by atoms with Crippen LogP contribution in [0.4, 0.5) is 11.5 Å². The van der Waals surface area contributed by atoms with Crippen LogP contribution in [0.25, 0.3) is 0 Å². The number of nitrogens with one attached hydrogen (secondary N) is 1. The molecule has 0 amide bonds. The topological polar surface area (TPSA) is 55.9 Å². The van der Waals surface area contributed by atoms with Crippen molar-refractivity contribution in [2.24, 2.45) is 13.0 Å². The molecule has 4 heteroatoms. The van der Waals surface area contributed by atoms with E-state index in [1.807, 2.05) is 11.7 Å². The number of rotatable bonds is 5. The van der Waals surface area contributed by atoms with Gasteiger partial charge in [-0.15, -0.1) is 0 Å². The van der Waals surface area contributed by atoms with Gasteiger partial charge >= 0.3 is 0 Å². The lowest BCUT2D eigenvalue weighted by Gasteiger charge is -2.31. The van der Waals surface area contributed by atoms with Gasteiger partial charge in [-0.25, -0.2) is 0 Å². The summed E-state index contributed by atoms with van der Waals surface area (Å²) in [6.07, 6.45) is 7.99. The van der Waals surface area contributed by atoms with Crippen LogP contribution in [0.15, 0.2) is 0 Å². The Kier molecular flexibility index (Phi) is 4.95. The first-order valence-corrected chi connectivity index (χ1v) is 8.13. The molecule has 0 bridgehead atoms. The van der Waals surface area contributed by atoms with Crippen molar-refractivity contribution in [1.29, 1.82) is 0 Å². The molecule has 0 saturated heterocycles. The molecule has 4 nitrogen and oxygen atoms in total. The Bertz CT molecular complexity index is 430. The van der Waals surface area contributed by atoms with Gasteiger partial charge in [-0.1, -0.05) is 40.0 Å². The summed E-state index contributed by atoms with van der Waals surface area (Å²) in [6, 6.07) is 0.521. The molecule has 1 aromatic heterocycles. The lowest BCUT2D eigenvalue weighted by Crippen LogP contribution is -2.31. The summed E-state index contributed by atoms with van der Waals surface area (Å²) in [5, 5.41) is 8.26. The number of nitrogen functional groups attached to an aromatic ring is 1. The number of anilines is 2. The maximum absolute atomic E-state index is 6.29. The molecule has 1 heterocycles. The Hall–Kier alpha value is -1.19. The predicted molar refractivity (Wildman–Crippen MR) is 86.0 cm³/mol. The first kappa shape index (κ1) is 15.2. The largest absolute Gasteiger partial charge is 0.394 e. The Morgan fingerprint density at radius 1 is 1.30 bits per heavy atom. The maximum Gasteiger partial charge on any atom is 0.148 e. The Morgan fingerprint density at radius 2 is 1.95 bits per heavy atom. The fraction of sp³-hybridized carbons (Fsp3) is 0.812. The third-order valence-electron chi connectivity index (χ3n) is 4.64. The quantitative estimate of drug-likeness (QED) is 0.859. The highest BCUT2D eigenvalue weighted by Crippen LogP contribution is 2.33. The van der Waals surface area contributed by atoms with Gasteiger partial charge in [0.1, 0.15) is 5.82 Å². The normalized spacial score (nSPS) is 18.4. The zero-order valence-corrected chi connectivity index (χ0v) is 13.4. The minimum Gasteiger partial charge on any atom is -0.394 e. The predicted octanol–water partition coefficient (Wildman–Crippen LogP) is 3.90. The molecule has 0 radical (unpaired) electrons. The number of aryl methyl sites for hydroxylation is 1. The molecule has 114 valence electrons. The van der Waals surface area contributed by atoms with Crippen LogP contribution in [0.2, 0.25) is 0 Å². The summed E-state index contributed by atoms with van der Waals surface area (Å²) in [5.41, 5.74) is 8.13. The van der Waals surface area contributed by atoms with Crippen LogP contribution in [0.5, 0.6) is 0 Å². The van der Waals surface area contributed by atoms with Crippen molar-refractivity contribution in [2.45, 2.75) is 71.3 Å². The van der Waals surface area contributed by atoms with Crippen LogP contribution in [0, 0.1) is 5.92 Å². The molecule has 1 unspecified atom stereocenters. The van der Waals surface area contributed by atoms with E-state index in [9.17, 15) is 0 Å². The van der Waals surface area contributed by atoms with Crippen molar-refractivity contribution < 1.29 is 0 Å². The van der Waals surface area contributed by atoms with Crippen LogP contribution in [-0.2, 0) is 7.05 Å². The number of hydrogen-bond donors (Lipinski definition) is 2. The van der Waals surface area contributed by atoms with Gasteiger partial charge in [0.25, 0.3) is 0 Å². The van der Waals surface area contributed by atoms with Gasteiger partial charge < -0.3 is 11.1 Å². The Labute approximate surface area is 123 Å². The first-order valence-electron chi connectivity index (χ1n) is 8.13. The van der Waals surface area contributed by atoms with Crippen LogP contribution in [-0.4, -0.2) is 15.8 Å². The van der Waals surface area contributed by atoms with E-state index in [0.29, 0.717) is 12.0 Å². The van der Waals surface area contributed by atoms with Gasteiger partial charge in [0, 0.05) is 13.1 Å². The van der Waals surface area contributed by atoms with Crippen molar-refractivity contribution in [3.8, 4) is 0 Å². The van der Waals surface area contributed by atoms with Gasteiger partial charge in [-0.2, -0.15) is 5.10 Å². The van der Waals surface area contributed by atoms with Gasteiger partial charge in [0.05, 0.1) is 11.4 Å². The maximum atomic E-state index is 6.29. The third-order valence-corrected chi connectivity index (χ3v) is 4.64. The summed E-state index contributed by atoms with van der Waals surface area (Å²) >= 11 is 0. The van der Waals surface area contributed by atoms with Crippen LogP contribution in [0.1, 0.15) is 70.9 Å². The molecule has 0 aromatic carbocycles. The Balaban J connectivity index is 2.14. The molecular weight excluding hydrogens is 248 g/mol. The summed E-state index contributed by atoms with van der Waals surface area (Å²) in [7, 11) is 1.98. The lowest BCUT2D eigenvalue weighted by atomic mass is 9.83. The van der Waals surface area contributed by atoms with Crippen LogP contribution in [0.3, 0.4) is 0 Å². The molecule has 0 spiro atoms. The van der Waals surface area contributed by atoms with Crippen molar-refractivity contribution in [3.05, 3.63) is 5.69 Å². The second kappa shape index (κ2) is 6.51. The number of hydrogen-bond acceptors (Lipinski definition) is 3. The molecule has 2 rings (SSSR count). The van der Waals surface area contributed by atoms with Crippen molar-refractivity contribution in [3.63, 3.8) is 0 Å². The van der Waals surface area contributed by atoms with E-state index in [4.69, 9.17) is 5.73 Å². The molecule has 1 aromatic rings. The van der Waals surface area contributed by atoms with Crippen molar-refractivity contribution in [1.82, 2.24) is 9.78 Å². The number of nitrogens with two attached hydrogens (primary N) is 1. The molecule has 0 aliphatic heterocycles. The van der Waals surface area contributed by atoms with E-state index in [-0.39, 0.29) is 0 Å². The molecule has 1 aliphatic carbocycles. The average Bonchev–Trinajstić information content (AvgIpc) is 2.73. The zero-order chi connectivity index (χ0) is 14.7. The molecule has 1 saturated carbocycles. The van der Waals surface area contributed by atoms with E-state index in [0.717, 1.165) is 29.5 Å². The lowest BCUT2D eigenvalue weighted by molar-refractivity contribution is 0.312. The minimum absolute atomic E-state index is 0.367. The number of nitrogens with zero attached hydrogens (tertiary/aromatic N) is 2. The van der Waals surface area contributed by atoms with E-state index in [2.05, 4.69) is 31.2 Å². The van der Waals surface area contributed by atoms with Gasteiger partial charge in [0.15, 0.2) is 0 Å². The molecule has 1 aliphatic rings. The Morgan fingerprint density at radius 3 is 2.45 bits per heavy atom. The highest BCUT2D eigenvalue weighted by Gasteiger charge is 2.25. The number of aromatic nitrogens is 2. The summed E-state index contributed by atoms with van der Waals surface area (Å²) < 4.78 is 1.91. The molecule has 1 fully saturated rings. The minimum atomic E-state index is 0.367. The summed E-state index contributed by atoms with van der Waals surface area (Å²) in [5.74, 6) is 2.16. The monoisotopic (exact) mass is 278 g/mol. The van der Waals surface area contributed by atoms with Crippen LogP contribution < -0.4 is 11.1 Å². The fourth-order valence-corrected chi connectivity index (χ4v) is 3.42. The molecular formula is C16H30N4. The molecule has 1 atom stereocenters. The molecule has 3 N–H and O–H groups in total. The van der Waals surface area contributed by atoms with E-state index in [1.165, 1.54) is 32.1 Å². The van der Waals surface area contributed by atoms with E-state index < -0.39 is 0 Å². The highest BCUT2D eigenvalue weighted by atomic mass is 15.3. The highest BCUT2D eigenvalue weighted by molar-refractivity contribution is 5.66. The van der Waals surface area contributed by atoms with Gasteiger partial charge in [-0.3, -0.25) is 4.68 Å². The average molecular weight is 278 g/mol. The summed E-state index contributed by atoms with van der Waals surface area (Å²) in [4.78, 5) is 0. The fourth-order valence-electron chi connectivity index (χ4n) is 3.42. The second-order valence-electron chi connectivity index (χ2n) is 6.48. The smallest absolute Gasteiger partial charge is 0.148 e. The SMILES string of the molecule is CCC(Nc1c(N)c(C(C)C)nn1C)C1CCCCC1. The third kappa shape index (κ3) is 3.10. The van der Waals surface area contributed by atoms with Crippen LogP contribution >= 0.6 is 0 Å². The zero-order valence-electron chi connectivity index (χ0n) is 13.4. The van der Waals surface area contributed by atoms with Gasteiger partial charge in [0.2, 0.25) is 0 Å². The first-order chi connectivity index (χ1) is 9.54. The molecule has 20 heavy (non-hydrogen) atoms. The second-order valence-corrected chi connectivity index (χ2v) is 6.48. The van der Waals surface area contributed by atoms with E-state index in [1.54, 1.807) is 0 Å². The standard InChI is InChI=1S/C16H30N4/c1-5-13(12-9-7-6-8-10-12)18-16-14(17)15(11(2)3)19-20(16)4/h11-13,18H,5-10,17H2,1-4H3. The van der Waals surface area contributed by atoms with Gasteiger partial charge in [-0.05, 0) is 31.1 Å². The van der Waals surface area contributed by atoms with Crippen molar-refractivity contribution in [2.75, 3.05) is 11.1 Å².